The molecule has 1 N–H and O–H groups in total. The summed E-state index contributed by atoms with van der Waals surface area (Å²) in [4.78, 5) is 21.0. The number of imidazole rings is 1. The molecule has 0 fully saturated rings. The Hall–Kier alpha value is -2.47. The lowest BCUT2D eigenvalue weighted by Crippen LogP contribution is -2.15. The van der Waals surface area contributed by atoms with E-state index in [1.165, 1.54) is 0 Å². The van der Waals surface area contributed by atoms with Crippen LogP contribution in [0.15, 0.2) is 53.4 Å². The summed E-state index contributed by atoms with van der Waals surface area (Å²) >= 11 is 3.43. The van der Waals surface area contributed by atoms with Crippen molar-refractivity contribution in [2.24, 2.45) is 0 Å². The van der Waals surface area contributed by atoms with Crippen LogP contribution in [0.2, 0.25) is 0 Å². The van der Waals surface area contributed by atoms with Crippen LogP contribution >= 0.6 is 15.9 Å². The Balaban J connectivity index is 1.68. The molecule has 0 radical (unpaired) electrons. The quantitative estimate of drug-likeness (QED) is 0.642. The lowest BCUT2D eigenvalue weighted by Gasteiger charge is -2.11. The number of nitrogens with one attached hydrogen (secondary N) is 1. The van der Waals surface area contributed by atoms with E-state index < -0.39 is 0 Å². The molecule has 2 aromatic heterocycles. The van der Waals surface area contributed by atoms with Gasteiger partial charge in [0.15, 0.2) is 0 Å². The monoisotopic (exact) mass is 412 g/mol. The fourth-order valence-electron chi connectivity index (χ4n) is 2.92. The van der Waals surface area contributed by atoms with Crippen molar-refractivity contribution in [3.05, 3.63) is 64.8 Å². The highest BCUT2D eigenvalue weighted by molar-refractivity contribution is 9.10. The van der Waals surface area contributed by atoms with Crippen LogP contribution in [-0.2, 0) is 17.8 Å². The number of benzene rings is 1. The smallest absolute Gasteiger partial charge is 0.224 e. The van der Waals surface area contributed by atoms with E-state index in [9.17, 15) is 4.79 Å². The third-order valence-electron chi connectivity index (χ3n) is 4.25. The van der Waals surface area contributed by atoms with Crippen molar-refractivity contribution in [3.63, 3.8) is 0 Å². The summed E-state index contributed by atoms with van der Waals surface area (Å²) < 4.78 is 3.13. The first-order valence-electron chi connectivity index (χ1n) is 8.59. The van der Waals surface area contributed by atoms with Crippen molar-refractivity contribution in [3.8, 4) is 11.3 Å². The van der Waals surface area contributed by atoms with Crippen molar-refractivity contribution in [1.29, 1.82) is 0 Å². The number of anilines is 1. The minimum absolute atomic E-state index is 0.0102. The Bertz CT molecular complexity index is 905. The maximum atomic E-state index is 12.3. The first kappa shape index (κ1) is 18.3. The van der Waals surface area contributed by atoms with Gasteiger partial charge >= 0.3 is 0 Å². The maximum Gasteiger partial charge on any atom is 0.224 e. The molecule has 3 aromatic rings. The summed E-state index contributed by atoms with van der Waals surface area (Å²) in [6, 6.07) is 9.75. The summed E-state index contributed by atoms with van der Waals surface area (Å²) in [7, 11) is 0. The van der Waals surface area contributed by atoms with Crippen molar-refractivity contribution in [2.45, 2.75) is 33.2 Å². The molecule has 0 atom stereocenters. The molecule has 0 saturated heterocycles. The molecule has 0 saturated carbocycles. The molecule has 5 nitrogen and oxygen atoms in total. The van der Waals surface area contributed by atoms with Crippen molar-refractivity contribution in [2.75, 3.05) is 5.32 Å². The molecule has 0 spiro atoms. The van der Waals surface area contributed by atoms with E-state index in [1.54, 1.807) is 6.20 Å². The summed E-state index contributed by atoms with van der Waals surface area (Å²) in [5.41, 5.74) is 3.93. The molecule has 0 aliphatic heterocycles. The normalized spacial score (nSPS) is 10.7. The molecule has 0 aliphatic carbocycles. The van der Waals surface area contributed by atoms with Crippen LogP contribution in [0, 0.1) is 6.92 Å². The van der Waals surface area contributed by atoms with Gasteiger partial charge in [0.2, 0.25) is 5.91 Å². The lowest BCUT2D eigenvalue weighted by molar-refractivity contribution is -0.116. The second kappa shape index (κ2) is 8.27. The summed E-state index contributed by atoms with van der Waals surface area (Å²) in [6.45, 7) is 4.85. The first-order chi connectivity index (χ1) is 12.6. The first-order valence-corrected chi connectivity index (χ1v) is 9.38. The van der Waals surface area contributed by atoms with Crippen molar-refractivity contribution >= 4 is 27.5 Å². The lowest BCUT2D eigenvalue weighted by atomic mass is 10.2. The highest BCUT2D eigenvalue weighted by Crippen LogP contribution is 2.22. The molecule has 1 amide bonds. The van der Waals surface area contributed by atoms with Crippen molar-refractivity contribution < 1.29 is 4.79 Å². The molecule has 0 unspecified atom stereocenters. The molecule has 26 heavy (non-hydrogen) atoms. The summed E-state index contributed by atoms with van der Waals surface area (Å²) in [6.07, 6.45) is 6.42. The van der Waals surface area contributed by atoms with Gasteiger partial charge in [-0.15, -0.1) is 0 Å². The third-order valence-corrected chi connectivity index (χ3v) is 4.74. The highest BCUT2D eigenvalue weighted by atomic mass is 79.9. The van der Waals surface area contributed by atoms with E-state index in [0.29, 0.717) is 12.8 Å². The Morgan fingerprint density at radius 2 is 2.12 bits per heavy atom. The van der Waals surface area contributed by atoms with Gasteiger partial charge < -0.3 is 9.88 Å². The van der Waals surface area contributed by atoms with Crippen LogP contribution in [0.1, 0.15) is 24.7 Å². The van der Waals surface area contributed by atoms with Crippen LogP contribution < -0.4 is 5.32 Å². The molecular formula is C20H21BrN4O. The fourth-order valence-corrected chi connectivity index (χ4v) is 3.39. The fraction of sp³-hybridized carbons (Fsp3) is 0.250. The molecule has 6 heteroatoms. The Morgan fingerprint density at radius 1 is 1.27 bits per heavy atom. The van der Waals surface area contributed by atoms with Gasteiger partial charge in [-0.25, -0.2) is 4.98 Å². The number of halogens is 1. The zero-order valence-electron chi connectivity index (χ0n) is 14.9. The van der Waals surface area contributed by atoms with Gasteiger partial charge in [-0.1, -0.05) is 15.9 Å². The van der Waals surface area contributed by atoms with E-state index in [0.717, 1.165) is 39.4 Å². The van der Waals surface area contributed by atoms with E-state index >= 15 is 0 Å². The van der Waals surface area contributed by atoms with Gasteiger partial charge in [0, 0.05) is 47.5 Å². The number of pyridine rings is 1. The maximum absolute atomic E-state index is 12.3. The van der Waals surface area contributed by atoms with Crippen LogP contribution in [0.4, 0.5) is 5.69 Å². The topological polar surface area (TPSA) is 59.8 Å². The molecule has 134 valence electrons. The second-order valence-electron chi connectivity index (χ2n) is 6.05. The van der Waals surface area contributed by atoms with Crippen molar-refractivity contribution in [1.82, 2.24) is 14.5 Å². The number of carbonyl (C=O) groups excluding carboxylic acids is 1. The summed E-state index contributed by atoms with van der Waals surface area (Å²) in [5, 5.41) is 2.98. The number of aromatic nitrogens is 3. The zero-order valence-corrected chi connectivity index (χ0v) is 16.5. The molecular weight excluding hydrogens is 392 g/mol. The van der Waals surface area contributed by atoms with Gasteiger partial charge in [0.25, 0.3) is 0 Å². The van der Waals surface area contributed by atoms with Gasteiger partial charge in [-0.05, 0) is 49.7 Å². The number of carbonyl (C=O) groups is 1. The number of amides is 1. The predicted molar refractivity (Wildman–Crippen MR) is 107 cm³/mol. The van der Waals surface area contributed by atoms with E-state index in [4.69, 9.17) is 0 Å². The standard InChI is InChI=1S/C20H21BrN4O/c1-3-25-18(15-5-4-10-22-12-15)13-23-19(25)8-9-20(26)24-17-7-6-16(21)11-14(17)2/h4-7,10-13H,3,8-9H2,1-2H3,(H,24,26). The predicted octanol–water partition coefficient (Wildman–Crippen LogP) is 4.61. The Kier molecular flexibility index (Phi) is 5.83. The number of hydrogen-bond donors (Lipinski definition) is 1. The number of aryl methyl sites for hydroxylation is 2. The Morgan fingerprint density at radius 3 is 2.81 bits per heavy atom. The minimum Gasteiger partial charge on any atom is -0.328 e. The molecule has 1 aromatic carbocycles. The van der Waals surface area contributed by atoms with Gasteiger partial charge in [-0.3, -0.25) is 9.78 Å². The number of hydrogen-bond acceptors (Lipinski definition) is 3. The molecule has 0 aliphatic rings. The van der Waals surface area contributed by atoms with Crippen LogP contribution in [0.25, 0.3) is 11.3 Å². The van der Waals surface area contributed by atoms with Gasteiger partial charge in [0.1, 0.15) is 5.82 Å². The van der Waals surface area contributed by atoms with E-state index in [-0.39, 0.29) is 5.91 Å². The molecule has 0 bridgehead atoms. The van der Waals surface area contributed by atoms with Gasteiger partial charge in [0.05, 0.1) is 11.9 Å². The average Bonchev–Trinajstić information content (AvgIpc) is 3.06. The third kappa shape index (κ3) is 4.19. The largest absolute Gasteiger partial charge is 0.328 e. The minimum atomic E-state index is -0.0102. The second-order valence-corrected chi connectivity index (χ2v) is 6.97. The Labute approximate surface area is 161 Å². The van der Waals surface area contributed by atoms with Gasteiger partial charge in [-0.2, -0.15) is 0 Å². The van der Waals surface area contributed by atoms with Crippen LogP contribution in [-0.4, -0.2) is 20.4 Å². The van der Waals surface area contributed by atoms with E-state index in [2.05, 4.69) is 42.7 Å². The summed E-state index contributed by atoms with van der Waals surface area (Å²) in [5.74, 6) is 0.901. The molecule has 2 heterocycles. The number of nitrogens with zero attached hydrogens (tertiary/aromatic N) is 3. The van der Waals surface area contributed by atoms with Crippen LogP contribution in [0.5, 0.6) is 0 Å². The SMILES string of the molecule is CCn1c(-c2cccnc2)cnc1CCC(=O)Nc1ccc(Br)cc1C. The van der Waals surface area contributed by atoms with Crippen LogP contribution in [0.3, 0.4) is 0 Å². The highest BCUT2D eigenvalue weighted by Gasteiger charge is 2.13. The molecule has 3 rings (SSSR count). The van der Waals surface area contributed by atoms with E-state index in [1.807, 2.05) is 49.6 Å². The number of rotatable bonds is 6. The average molecular weight is 413 g/mol. The zero-order chi connectivity index (χ0) is 18.5.